The Bertz CT molecular complexity index is 1140. The molecule has 2 fully saturated rings. The van der Waals surface area contributed by atoms with Crippen LogP contribution in [0.2, 0.25) is 5.02 Å². The summed E-state index contributed by atoms with van der Waals surface area (Å²) >= 11 is 6.58. The highest BCUT2D eigenvalue weighted by atomic mass is 35.5. The fourth-order valence-electron chi connectivity index (χ4n) is 5.80. The Morgan fingerprint density at radius 3 is 2.74 bits per heavy atom. The van der Waals surface area contributed by atoms with E-state index in [4.69, 9.17) is 11.6 Å². The Balaban J connectivity index is 1.41. The number of nitrogens with one attached hydrogen (secondary N) is 2. The van der Waals surface area contributed by atoms with Crippen LogP contribution in [0.4, 0.5) is 0 Å². The van der Waals surface area contributed by atoms with Crippen molar-refractivity contribution in [3.05, 3.63) is 53.4 Å². The van der Waals surface area contributed by atoms with Crippen LogP contribution < -0.4 is 10.6 Å². The molecule has 1 aliphatic carbocycles. The molecule has 1 saturated heterocycles. The zero-order chi connectivity index (χ0) is 23.5. The maximum atomic E-state index is 13.6. The van der Waals surface area contributed by atoms with E-state index in [1.165, 1.54) is 25.7 Å². The van der Waals surface area contributed by atoms with Gasteiger partial charge >= 0.3 is 0 Å². The molecule has 2 aliphatic rings. The van der Waals surface area contributed by atoms with E-state index in [1.54, 1.807) is 18.5 Å². The normalized spacial score (nSPS) is 20.6. The molecule has 0 bridgehead atoms. The summed E-state index contributed by atoms with van der Waals surface area (Å²) in [6, 6.07) is 7.98. The maximum Gasteiger partial charge on any atom is 0.253 e. The molecule has 2 aromatic heterocycles. The van der Waals surface area contributed by atoms with Gasteiger partial charge in [-0.15, -0.1) is 0 Å². The number of aromatic nitrogens is 3. The molecule has 2 N–H and O–H groups in total. The Morgan fingerprint density at radius 1 is 1.18 bits per heavy atom. The summed E-state index contributed by atoms with van der Waals surface area (Å²) in [4.78, 5) is 24.9. The van der Waals surface area contributed by atoms with Crippen LogP contribution in [-0.4, -0.2) is 63.1 Å². The summed E-state index contributed by atoms with van der Waals surface area (Å²) < 4.78 is 1.84. The number of rotatable bonds is 7. The van der Waals surface area contributed by atoms with Crippen LogP contribution in [0.3, 0.4) is 0 Å². The van der Waals surface area contributed by atoms with E-state index in [-0.39, 0.29) is 11.4 Å². The molecule has 7 nitrogen and oxygen atoms in total. The Labute approximate surface area is 205 Å². The Morgan fingerprint density at radius 2 is 1.97 bits per heavy atom. The molecular weight excluding hydrogens is 448 g/mol. The number of benzene rings is 1. The van der Waals surface area contributed by atoms with Crippen LogP contribution in [0.1, 0.15) is 55.8 Å². The van der Waals surface area contributed by atoms with Crippen LogP contribution in [0, 0.1) is 0 Å². The number of likely N-dealkylation sites (N-methyl/N-ethyl adjacent to an activating group) is 1. The molecule has 1 aliphatic heterocycles. The minimum Gasteiger partial charge on any atom is -0.350 e. The van der Waals surface area contributed by atoms with E-state index in [0.29, 0.717) is 29.1 Å². The van der Waals surface area contributed by atoms with Gasteiger partial charge in [-0.3, -0.25) is 14.3 Å². The van der Waals surface area contributed by atoms with Crippen molar-refractivity contribution in [2.45, 2.75) is 57.0 Å². The van der Waals surface area contributed by atoms with Crippen LogP contribution in [0.25, 0.3) is 16.9 Å². The number of likely N-dealkylation sites (tertiary alicyclic amines) is 1. The van der Waals surface area contributed by atoms with E-state index in [2.05, 4.69) is 32.4 Å². The highest BCUT2D eigenvalue weighted by molar-refractivity contribution is 6.37. The van der Waals surface area contributed by atoms with E-state index in [0.717, 1.165) is 43.4 Å². The highest BCUT2D eigenvalue weighted by Crippen LogP contribution is 2.36. The zero-order valence-electron chi connectivity index (χ0n) is 19.8. The van der Waals surface area contributed by atoms with Crippen molar-refractivity contribution in [3.63, 3.8) is 0 Å². The second-order valence-electron chi connectivity index (χ2n) is 9.55. The van der Waals surface area contributed by atoms with E-state index < -0.39 is 0 Å². The summed E-state index contributed by atoms with van der Waals surface area (Å²) in [7, 11) is 0. The lowest BCUT2D eigenvalue weighted by atomic mass is 9.80. The number of amides is 1. The van der Waals surface area contributed by atoms with Gasteiger partial charge in [0.05, 0.1) is 16.1 Å². The van der Waals surface area contributed by atoms with Crippen LogP contribution >= 0.6 is 11.6 Å². The average Bonchev–Trinajstić information content (AvgIpc) is 3.50. The maximum absolute atomic E-state index is 13.6. The monoisotopic (exact) mass is 480 g/mol. The van der Waals surface area contributed by atoms with Crippen LogP contribution in [0.15, 0.2) is 42.9 Å². The third-order valence-corrected chi connectivity index (χ3v) is 7.82. The molecule has 34 heavy (non-hydrogen) atoms. The molecule has 0 unspecified atom stereocenters. The molecule has 180 valence electrons. The second kappa shape index (κ2) is 10.0. The topological polar surface area (TPSA) is 75.1 Å². The lowest BCUT2D eigenvalue weighted by Gasteiger charge is -2.45. The quantitative estimate of drug-likeness (QED) is 0.530. The molecular formula is C26H33ClN6O. The molecule has 0 spiro atoms. The zero-order valence-corrected chi connectivity index (χ0v) is 20.5. The van der Waals surface area contributed by atoms with Gasteiger partial charge in [-0.1, -0.05) is 43.9 Å². The minimum atomic E-state index is -0.0971. The van der Waals surface area contributed by atoms with Crippen molar-refractivity contribution in [2.24, 2.45) is 0 Å². The number of halogens is 1. The van der Waals surface area contributed by atoms with Gasteiger partial charge < -0.3 is 10.6 Å². The molecule has 1 saturated carbocycles. The fourth-order valence-corrected chi connectivity index (χ4v) is 6.07. The van der Waals surface area contributed by atoms with Crippen molar-refractivity contribution in [2.75, 3.05) is 26.2 Å². The number of fused-ring (bicyclic) bond motifs is 1. The predicted octanol–water partition coefficient (Wildman–Crippen LogP) is 4.19. The first-order chi connectivity index (χ1) is 16.6. The van der Waals surface area contributed by atoms with Crippen molar-refractivity contribution in [1.29, 1.82) is 0 Å². The van der Waals surface area contributed by atoms with Gasteiger partial charge in [-0.2, -0.15) is 0 Å². The van der Waals surface area contributed by atoms with Crippen molar-refractivity contribution in [1.82, 2.24) is 30.1 Å². The third kappa shape index (κ3) is 4.44. The molecule has 3 heterocycles. The SMILES string of the molecule is CCN[C@@H]1CCN(C2(CNC(=O)c3cn(-c4ncccn4)c4cccc(Cl)c34)CCCCC2)C1. The fraction of sp³-hybridized carbons (Fsp3) is 0.500. The van der Waals surface area contributed by atoms with Crippen LogP contribution in [0.5, 0.6) is 0 Å². The first-order valence-electron chi connectivity index (χ1n) is 12.4. The summed E-state index contributed by atoms with van der Waals surface area (Å²) in [6.45, 7) is 5.97. The Hall–Kier alpha value is -2.48. The standard InChI is InChI=1S/C26H33ClN6O/c1-2-28-19-10-15-32(16-19)26(11-4-3-5-12-26)18-31-24(34)20-17-33(25-29-13-7-14-30-25)22-9-6-8-21(27)23(20)22/h6-9,13-14,17,19,28H,2-5,10-12,15-16,18H2,1H3,(H,31,34)/t19-/m1/s1. The molecule has 0 radical (unpaired) electrons. The summed E-state index contributed by atoms with van der Waals surface area (Å²) in [5, 5.41) is 8.20. The van der Waals surface area contributed by atoms with E-state index in [9.17, 15) is 4.79 Å². The second-order valence-corrected chi connectivity index (χ2v) is 9.96. The first-order valence-corrected chi connectivity index (χ1v) is 12.8. The van der Waals surface area contributed by atoms with E-state index in [1.807, 2.05) is 29.0 Å². The summed E-state index contributed by atoms with van der Waals surface area (Å²) in [5.41, 5.74) is 1.42. The molecule has 1 atom stereocenters. The molecule has 1 aromatic carbocycles. The van der Waals surface area contributed by atoms with Gasteiger partial charge in [-0.25, -0.2) is 9.97 Å². The number of nitrogens with zero attached hydrogens (tertiary/aromatic N) is 4. The Kier molecular flexibility index (Phi) is 6.86. The lowest BCUT2D eigenvalue weighted by Crippen LogP contribution is -2.56. The highest BCUT2D eigenvalue weighted by Gasteiger charge is 2.41. The van der Waals surface area contributed by atoms with Crippen molar-refractivity contribution in [3.8, 4) is 5.95 Å². The van der Waals surface area contributed by atoms with Crippen molar-refractivity contribution < 1.29 is 4.79 Å². The van der Waals surface area contributed by atoms with Gasteiger partial charge in [0.25, 0.3) is 5.91 Å². The smallest absolute Gasteiger partial charge is 0.253 e. The summed E-state index contributed by atoms with van der Waals surface area (Å²) in [6.07, 6.45) is 12.3. The average molecular weight is 481 g/mol. The van der Waals surface area contributed by atoms with Gasteiger partial charge in [0.15, 0.2) is 0 Å². The minimum absolute atomic E-state index is 0.0305. The van der Waals surface area contributed by atoms with Crippen molar-refractivity contribution >= 4 is 28.4 Å². The van der Waals surface area contributed by atoms with Gasteiger partial charge in [0, 0.05) is 55.2 Å². The molecule has 5 rings (SSSR count). The number of carbonyl (C=O) groups is 1. The van der Waals surface area contributed by atoms with Gasteiger partial charge in [-0.05, 0) is 44.0 Å². The summed E-state index contributed by atoms with van der Waals surface area (Å²) in [5.74, 6) is 0.421. The number of carbonyl (C=O) groups excluding carboxylic acids is 1. The predicted molar refractivity (Wildman–Crippen MR) is 136 cm³/mol. The van der Waals surface area contributed by atoms with Gasteiger partial charge in [0.1, 0.15) is 0 Å². The molecule has 3 aromatic rings. The lowest BCUT2D eigenvalue weighted by molar-refractivity contribution is 0.0638. The molecule has 1 amide bonds. The molecule has 8 heteroatoms. The number of hydrogen-bond donors (Lipinski definition) is 2. The third-order valence-electron chi connectivity index (χ3n) is 7.51. The first kappa shape index (κ1) is 23.3. The van der Waals surface area contributed by atoms with E-state index >= 15 is 0 Å². The van der Waals surface area contributed by atoms with Gasteiger partial charge in [0.2, 0.25) is 5.95 Å². The number of hydrogen-bond acceptors (Lipinski definition) is 5. The largest absolute Gasteiger partial charge is 0.350 e. The van der Waals surface area contributed by atoms with Crippen LogP contribution in [-0.2, 0) is 0 Å².